The van der Waals surface area contributed by atoms with Gasteiger partial charge in [-0.1, -0.05) is 44.2 Å². The predicted octanol–water partition coefficient (Wildman–Crippen LogP) is 5.04. The number of fused-ring (bicyclic) bond motifs is 1. The lowest BCUT2D eigenvalue weighted by Gasteiger charge is -2.22. The fraction of sp³-hybridized carbons (Fsp3) is 0.375. The lowest BCUT2D eigenvalue weighted by molar-refractivity contribution is 0.265. The zero-order valence-electron chi connectivity index (χ0n) is 17.1. The third kappa shape index (κ3) is 4.82. The first-order valence-corrected chi connectivity index (χ1v) is 10.2. The van der Waals surface area contributed by atoms with E-state index in [-0.39, 0.29) is 5.43 Å². The van der Waals surface area contributed by atoms with Gasteiger partial charge < -0.3 is 9.72 Å². The first kappa shape index (κ1) is 20.2. The van der Waals surface area contributed by atoms with Gasteiger partial charge in [-0.3, -0.25) is 9.69 Å². The van der Waals surface area contributed by atoms with Crippen LogP contribution < -0.4 is 10.2 Å². The Morgan fingerprint density at radius 2 is 1.71 bits per heavy atom. The Morgan fingerprint density at radius 1 is 1.00 bits per heavy atom. The standard InChI is InChI=1S/C24H30N2O2/c1-4-13-26(14-5-2)16-22-18(3)25-23-12-11-20(15-21(23)24(22)27)28-17-19-9-7-6-8-10-19/h6-12,15H,4-5,13-14,16-17H2,1-3H3,(H,25,27). The van der Waals surface area contributed by atoms with E-state index in [4.69, 9.17) is 4.74 Å². The molecule has 0 radical (unpaired) electrons. The summed E-state index contributed by atoms with van der Waals surface area (Å²) < 4.78 is 5.92. The molecule has 0 saturated carbocycles. The molecule has 3 rings (SSSR count). The highest BCUT2D eigenvalue weighted by atomic mass is 16.5. The van der Waals surface area contributed by atoms with E-state index >= 15 is 0 Å². The van der Waals surface area contributed by atoms with E-state index < -0.39 is 0 Å². The average Bonchev–Trinajstić information content (AvgIpc) is 2.71. The summed E-state index contributed by atoms with van der Waals surface area (Å²) in [6, 6.07) is 15.8. The number of hydrogen-bond donors (Lipinski definition) is 1. The smallest absolute Gasteiger partial charge is 0.194 e. The second kappa shape index (κ2) is 9.56. The number of nitrogens with one attached hydrogen (secondary N) is 1. The number of pyridine rings is 1. The van der Waals surface area contributed by atoms with Crippen molar-refractivity contribution in [3.63, 3.8) is 0 Å². The Morgan fingerprint density at radius 3 is 2.39 bits per heavy atom. The van der Waals surface area contributed by atoms with Crippen LogP contribution in [-0.2, 0) is 13.2 Å². The van der Waals surface area contributed by atoms with E-state index in [1.54, 1.807) is 0 Å². The summed E-state index contributed by atoms with van der Waals surface area (Å²) in [6.45, 7) is 9.53. The highest BCUT2D eigenvalue weighted by molar-refractivity contribution is 5.81. The first-order chi connectivity index (χ1) is 13.6. The molecule has 0 atom stereocenters. The van der Waals surface area contributed by atoms with Crippen molar-refractivity contribution in [3.05, 3.63) is 75.6 Å². The maximum absolute atomic E-state index is 13.2. The zero-order valence-corrected chi connectivity index (χ0v) is 17.1. The molecular formula is C24H30N2O2. The highest BCUT2D eigenvalue weighted by Gasteiger charge is 2.13. The second-order valence-electron chi connectivity index (χ2n) is 7.32. The van der Waals surface area contributed by atoms with Crippen LogP contribution in [0.2, 0.25) is 0 Å². The Hall–Kier alpha value is -2.59. The molecule has 28 heavy (non-hydrogen) atoms. The maximum atomic E-state index is 13.2. The summed E-state index contributed by atoms with van der Waals surface area (Å²) in [6.07, 6.45) is 2.17. The van der Waals surface area contributed by atoms with Crippen molar-refractivity contribution in [2.24, 2.45) is 0 Å². The number of benzene rings is 2. The second-order valence-corrected chi connectivity index (χ2v) is 7.32. The number of rotatable bonds is 9. The van der Waals surface area contributed by atoms with Crippen molar-refractivity contribution in [1.29, 1.82) is 0 Å². The summed E-state index contributed by atoms with van der Waals surface area (Å²) in [4.78, 5) is 19.0. The van der Waals surface area contributed by atoms with Crippen LogP contribution in [0, 0.1) is 6.92 Å². The number of H-pyrrole nitrogens is 1. The number of aromatic amines is 1. The quantitative estimate of drug-likeness (QED) is 0.567. The number of ether oxygens (including phenoxy) is 1. The van der Waals surface area contributed by atoms with Crippen molar-refractivity contribution in [3.8, 4) is 5.75 Å². The van der Waals surface area contributed by atoms with Gasteiger partial charge in [-0.25, -0.2) is 0 Å². The minimum atomic E-state index is 0.105. The maximum Gasteiger partial charge on any atom is 0.194 e. The van der Waals surface area contributed by atoms with Crippen LogP contribution in [0.5, 0.6) is 5.75 Å². The average molecular weight is 379 g/mol. The van der Waals surface area contributed by atoms with Gasteiger partial charge in [0.1, 0.15) is 12.4 Å². The number of hydrogen-bond acceptors (Lipinski definition) is 3. The zero-order chi connectivity index (χ0) is 19.9. The summed E-state index contributed by atoms with van der Waals surface area (Å²) in [7, 11) is 0. The molecule has 1 N–H and O–H groups in total. The van der Waals surface area contributed by atoms with E-state index in [2.05, 4.69) is 23.7 Å². The normalized spacial score (nSPS) is 11.3. The fourth-order valence-electron chi connectivity index (χ4n) is 3.58. The third-order valence-corrected chi connectivity index (χ3v) is 4.99. The fourth-order valence-corrected chi connectivity index (χ4v) is 3.58. The molecule has 0 aliphatic rings. The van der Waals surface area contributed by atoms with Crippen LogP contribution >= 0.6 is 0 Å². The molecule has 0 fully saturated rings. The van der Waals surface area contributed by atoms with Crippen molar-refractivity contribution in [1.82, 2.24) is 9.88 Å². The van der Waals surface area contributed by atoms with Gasteiger partial charge in [0.05, 0.1) is 0 Å². The number of aryl methyl sites for hydroxylation is 1. The molecule has 148 valence electrons. The molecule has 0 unspecified atom stereocenters. The van der Waals surface area contributed by atoms with Gasteiger partial charge in [-0.2, -0.15) is 0 Å². The Labute approximate surface area is 167 Å². The third-order valence-electron chi connectivity index (χ3n) is 4.99. The van der Waals surface area contributed by atoms with E-state index in [0.29, 0.717) is 18.5 Å². The van der Waals surface area contributed by atoms with Crippen molar-refractivity contribution < 1.29 is 4.74 Å². The summed E-state index contributed by atoms with van der Waals surface area (Å²) in [5.41, 5.74) is 3.88. The molecule has 0 bridgehead atoms. The molecule has 0 aliphatic carbocycles. The molecule has 2 aromatic carbocycles. The van der Waals surface area contributed by atoms with Crippen molar-refractivity contribution in [2.75, 3.05) is 13.1 Å². The predicted molar refractivity (Wildman–Crippen MR) is 116 cm³/mol. The first-order valence-electron chi connectivity index (χ1n) is 10.2. The van der Waals surface area contributed by atoms with Gasteiger partial charge >= 0.3 is 0 Å². The minimum Gasteiger partial charge on any atom is -0.489 e. The molecule has 0 spiro atoms. The highest BCUT2D eigenvalue weighted by Crippen LogP contribution is 2.20. The number of aromatic nitrogens is 1. The number of nitrogens with zero attached hydrogens (tertiary/aromatic N) is 1. The molecule has 0 aliphatic heterocycles. The van der Waals surface area contributed by atoms with Crippen LogP contribution in [0.15, 0.2) is 53.3 Å². The van der Waals surface area contributed by atoms with Crippen LogP contribution in [0.25, 0.3) is 10.9 Å². The molecule has 4 heteroatoms. The van der Waals surface area contributed by atoms with Gasteiger partial charge in [0.25, 0.3) is 0 Å². The Balaban J connectivity index is 1.88. The van der Waals surface area contributed by atoms with E-state index in [9.17, 15) is 4.79 Å². The lowest BCUT2D eigenvalue weighted by Crippen LogP contribution is -2.29. The lowest BCUT2D eigenvalue weighted by atomic mass is 10.1. The Kier molecular flexibility index (Phi) is 6.88. The van der Waals surface area contributed by atoms with Crippen LogP contribution in [0.1, 0.15) is 43.5 Å². The summed E-state index contributed by atoms with van der Waals surface area (Å²) >= 11 is 0. The molecular weight excluding hydrogens is 348 g/mol. The summed E-state index contributed by atoms with van der Waals surface area (Å²) in [5, 5.41) is 0.694. The molecule has 4 nitrogen and oxygen atoms in total. The topological polar surface area (TPSA) is 45.3 Å². The van der Waals surface area contributed by atoms with E-state index in [1.807, 2.05) is 55.5 Å². The molecule has 1 aromatic heterocycles. The molecule has 0 saturated heterocycles. The van der Waals surface area contributed by atoms with Gasteiger partial charge in [-0.05, 0) is 56.6 Å². The summed E-state index contributed by atoms with van der Waals surface area (Å²) in [5.74, 6) is 0.718. The van der Waals surface area contributed by atoms with Crippen LogP contribution in [0.3, 0.4) is 0 Å². The monoisotopic (exact) mass is 378 g/mol. The van der Waals surface area contributed by atoms with Crippen molar-refractivity contribution >= 4 is 10.9 Å². The molecule has 3 aromatic rings. The van der Waals surface area contributed by atoms with Gasteiger partial charge in [0, 0.05) is 28.7 Å². The Bertz CT molecular complexity index is 957. The largest absolute Gasteiger partial charge is 0.489 e. The van der Waals surface area contributed by atoms with Gasteiger partial charge in [0.2, 0.25) is 0 Å². The van der Waals surface area contributed by atoms with Gasteiger partial charge in [-0.15, -0.1) is 0 Å². The van der Waals surface area contributed by atoms with E-state index in [1.165, 1.54) is 0 Å². The molecule has 0 amide bonds. The van der Waals surface area contributed by atoms with Crippen molar-refractivity contribution in [2.45, 2.75) is 46.8 Å². The SMILES string of the molecule is CCCN(CCC)Cc1c(C)[nH]c2ccc(OCc3ccccc3)cc2c1=O. The molecule has 1 heterocycles. The van der Waals surface area contributed by atoms with E-state index in [0.717, 1.165) is 54.0 Å². The van der Waals surface area contributed by atoms with Crippen LogP contribution in [-0.4, -0.2) is 23.0 Å². The van der Waals surface area contributed by atoms with Crippen LogP contribution in [0.4, 0.5) is 0 Å². The minimum absolute atomic E-state index is 0.105. The van der Waals surface area contributed by atoms with Gasteiger partial charge in [0.15, 0.2) is 5.43 Å².